The Balaban J connectivity index is 1.89. The van der Waals surface area contributed by atoms with Crippen LogP contribution in [0.2, 0.25) is 0 Å². The van der Waals surface area contributed by atoms with Crippen molar-refractivity contribution in [1.82, 2.24) is 5.32 Å². The molecule has 0 saturated heterocycles. The van der Waals surface area contributed by atoms with E-state index in [1.165, 1.54) is 12.1 Å². The van der Waals surface area contributed by atoms with Gasteiger partial charge in [-0.25, -0.2) is 9.38 Å². The van der Waals surface area contributed by atoms with Crippen LogP contribution in [0.5, 0.6) is 0 Å². The van der Waals surface area contributed by atoms with Crippen LogP contribution in [0.25, 0.3) is 11.1 Å². The maximum atomic E-state index is 13.3. The van der Waals surface area contributed by atoms with E-state index in [0.29, 0.717) is 41.9 Å². The summed E-state index contributed by atoms with van der Waals surface area (Å²) in [6.07, 6.45) is 3.19. The van der Waals surface area contributed by atoms with E-state index in [4.69, 9.17) is 4.99 Å². The number of halogens is 1. The molecule has 3 rings (SSSR count). The SMILES string of the molecule is CCC/C(N=C(C)N(C)c1ccc(F)cc1)=C(/C=O)Cc1ccc(-c2ccccc2/C(=N/O)NC=O)cc1. The topological polar surface area (TPSA) is 94.4 Å². The molecule has 0 fully saturated rings. The lowest BCUT2D eigenvalue weighted by Crippen LogP contribution is -2.23. The van der Waals surface area contributed by atoms with Crippen molar-refractivity contribution >= 4 is 30.1 Å². The number of rotatable bonds is 10. The number of oxime groups is 1. The fourth-order valence-electron chi connectivity index (χ4n) is 4.04. The molecule has 8 heteroatoms. The molecule has 0 saturated carbocycles. The average Bonchev–Trinajstić information content (AvgIpc) is 2.94. The van der Waals surface area contributed by atoms with Gasteiger partial charge in [-0.3, -0.25) is 9.59 Å². The number of hydrogen-bond acceptors (Lipinski definition) is 5. The quantitative estimate of drug-likeness (QED) is 0.0903. The van der Waals surface area contributed by atoms with E-state index >= 15 is 0 Å². The van der Waals surface area contributed by atoms with Crippen LogP contribution in [0.1, 0.15) is 37.8 Å². The molecule has 0 aliphatic rings. The number of aliphatic imine (C=N–C) groups is 1. The molecule has 0 heterocycles. The first-order valence-corrected chi connectivity index (χ1v) is 12.2. The smallest absolute Gasteiger partial charge is 0.212 e. The highest BCUT2D eigenvalue weighted by Crippen LogP contribution is 2.26. The molecular formula is C30H31FN4O3. The van der Waals surface area contributed by atoms with Crippen molar-refractivity contribution in [2.75, 3.05) is 11.9 Å². The fourth-order valence-corrected chi connectivity index (χ4v) is 4.04. The molecule has 0 aromatic heterocycles. The Morgan fingerprint density at radius 1 is 1.03 bits per heavy atom. The monoisotopic (exact) mass is 514 g/mol. The zero-order valence-electron chi connectivity index (χ0n) is 21.7. The predicted octanol–water partition coefficient (Wildman–Crippen LogP) is 5.72. The second-order valence-corrected chi connectivity index (χ2v) is 8.66. The van der Waals surface area contributed by atoms with Gasteiger partial charge in [0.25, 0.3) is 0 Å². The van der Waals surface area contributed by atoms with Crippen molar-refractivity contribution < 1.29 is 19.2 Å². The van der Waals surface area contributed by atoms with Crippen molar-refractivity contribution in [3.8, 4) is 11.1 Å². The third kappa shape index (κ3) is 7.00. The first-order valence-electron chi connectivity index (χ1n) is 12.2. The van der Waals surface area contributed by atoms with Gasteiger partial charge >= 0.3 is 0 Å². The molecule has 3 aromatic rings. The highest BCUT2D eigenvalue weighted by atomic mass is 19.1. The third-order valence-electron chi connectivity index (χ3n) is 6.13. The highest BCUT2D eigenvalue weighted by molar-refractivity contribution is 6.08. The molecule has 0 aliphatic carbocycles. The molecule has 0 bridgehead atoms. The summed E-state index contributed by atoms with van der Waals surface area (Å²) in [4.78, 5) is 29.7. The molecule has 196 valence electrons. The van der Waals surface area contributed by atoms with Gasteiger partial charge in [-0.1, -0.05) is 67.0 Å². The minimum absolute atomic E-state index is 0.0499. The van der Waals surface area contributed by atoms with E-state index in [1.54, 1.807) is 24.3 Å². The number of benzene rings is 3. The summed E-state index contributed by atoms with van der Waals surface area (Å²) in [6.45, 7) is 3.89. The Kier molecular flexibility index (Phi) is 10.0. The molecule has 0 spiro atoms. The van der Waals surface area contributed by atoms with E-state index in [2.05, 4.69) is 10.5 Å². The van der Waals surface area contributed by atoms with Crippen LogP contribution in [0, 0.1) is 5.82 Å². The number of nitrogens with zero attached hydrogens (tertiary/aromatic N) is 3. The van der Waals surface area contributed by atoms with Crippen molar-refractivity contribution in [3.05, 3.63) is 101 Å². The molecular weight excluding hydrogens is 483 g/mol. The zero-order valence-corrected chi connectivity index (χ0v) is 21.7. The number of amides is 1. The van der Waals surface area contributed by atoms with Gasteiger partial charge < -0.3 is 15.4 Å². The van der Waals surface area contributed by atoms with Gasteiger partial charge in [0.15, 0.2) is 5.84 Å². The number of aldehydes is 1. The fraction of sp³-hybridized carbons (Fsp3) is 0.200. The molecule has 7 nitrogen and oxygen atoms in total. The predicted molar refractivity (Wildman–Crippen MR) is 149 cm³/mol. The minimum Gasteiger partial charge on any atom is -0.409 e. The highest BCUT2D eigenvalue weighted by Gasteiger charge is 2.13. The zero-order chi connectivity index (χ0) is 27.5. The molecule has 0 unspecified atom stereocenters. The summed E-state index contributed by atoms with van der Waals surface area (Å²) < 4.78 is 13.3. The van der Waals surface area contributed by atoms with Crippen LogP contribution >= 0.6 is 0 Å². The summed E-state index contributed by atoms with van der Waals surface area (Å²) in [5.74, 6) is 0.436. The summed E-state index contributed by atoms with van der Waals surface area (Å²) in [5, 5.41) is 14.9. The summed E-state index contributed by atoms with van der Waals surface area (Å²) in [5.41, 5.74) is 5.25. The largest absolute Gasteiger partial charge is 0.409 e. The summed E-state index contributed by atoms with van der Waals surface area (Å²) in [7, 11) is 1.85. The number of carbonyl (C=O) groups is 2. The maximum Gasteiger partial charge on any atom is 0.212 e. The Hall–Kier alpha value is -4.59. The Bertz CT molecular complexity index is 1350. The van der Waals surface area contributed by atoms with Crippen molar-refractivity contribution in [3.63, 3.8) is 0 Å². The molecule has 1 amide bonds. The van der Waals surface area contributed by atoms with E-state index in [9.17, 15) is 19.2 Å². The summed E-state index contributed by atoms with van der Waals surface area (Å²) in [6, 6.07) is 21.1. The second-order valence-electron chi connectivity index (χ2n) is 8.66. The first-order chi connectivity index (χ1) is 18.4. The second kappa shape index (κ2) is 13.6. The van der Waals surface area contributed by atoms with Crippen molar-refractivity contribution in [1.29, 1.82) is 0 Å². The lowest BCUT2D eigenvalue weighted by molar-refractivity contribution is -0.108. The van der Waals surface area contributed by atoms with Gasteiger partial charge in [0.05, 0.1) is 0 Å². The van der Waals surface area contributed by atoms with Crippen LogP contribution in [0.3, 0.4) is 0 Å². The molecule has 2 N–H and O–H groups in total. The Morgan fingerprint density at radius 2 is 1.71 bits per heavy atom. The van der Waals surface area contributed by atoms with Gasteiger partial charge in [-0.2, -0.15) is 0 Å². The molecule has 3 aromatic carbocycles. The Labute approximate surface area is 222 Å². The molecule has 0 atom stereocenters. The van der Waals surface area contributed by atoms with E-state index in [1.807, 2.05) is 62.2 Å². The van der Waals surface area contributed by atoms with Gasteiger partial charge in [-0.05, 0) is 54.3 Å². The lowest BCUT2D eigenvalue weighted by Gasteiger charge is -2.20. The molecule has 38 heavy (non-hydrogen) atoms. The van der Waals surface area contributed by atoms with Gasteiger partial charge in [0.1, 0.15) is 17.9 Å². The van der Waals surface area contributed by atoms with Crippen LogP contribution in [0.15, 0.2) is 94.2 Å². The number of allylic oxidation sites excluding steroid dienone is 2. The van der Waals surface area contributed by atoms with Crippen LogP contribution < -0.4 is 10.2 Å². The van der Waals surface area contributed by atoms with E-state index < -0.39 is 0 Å². The number of amidine groups is 2. The van der Waals surface area contributed by atoms with Crippen LogP contribution in [-0.2, 0) is 16.0 Å². The summed E-state index contributed by atoms with van der Waals surface area (Å²) >= 11 is 0. The molecule has 0 aliphatic heterocycles. The standard InChI is InChI=1S/C30H31FN4O3/c1-4-7-29(33-21(2)35(3)26-16-14-25(31)15-17-26)24(19-36)18-22-10-12-23(13-11-22)27-8-5-6-9-28(27)30(34-38)32-20-37/h5-6,8-17,19-20,38H,4,7,18H2,1-3H3,(H,32,34,37)/b29-24-,33-21?. The number of carbonyl (C=O) groups excluding carboxylic acids is 2. The van der Waals surface area contributed by atoms with Gasteiger partial charge in [-0.15, -0.1) is 0 Å². The third-order valence-corrected chi connectivity index (χ3v) is 6.13. The number of anilines is 1. The minimum atomic E-state index is -0.305. The Morgan fingerprint density at radius 3 is 2.32 bits per heavy atom. The van der Waals surface area contributed by atoms with Crippen LogP contribution in [0.4, 0.5) is 10.1 Å². The average molecular weight is 515 g/mol. The first kappa shape index (κ1) is 28.0. The van der Waals surface area contributed by atoms with Crippen LogP contribution in [-0.4, -0.2) is 36.6 Å². The van der Waals surface area contributed by atoms with Gasteiger partial charge in [0.2, 0.25) is 6.41 Å². The number of hydrogen-bond donors (Lipinski definition) is 2. The van der Waals surface area contributed by atoms with E-state index in [-0.39, 0.29) is 11.7 Å². The van der Waals surface area contributed by atoms with Crippen molar-refractivity contribution in [2.24, 2.45) is 10.1 Å². The normalized spacial score (nSPS) is 12.5. The lowest BCUT2D eigenvalue weighted by atomic mass is 9.96. The molecule has 0 radical (unpaired) electrons. The number of nitrogens with one attached hydrogen (secondary N) is 1. The maximum absolute atomic E-state index is 13.3. The van der Waals surface area contributed by atoms with Crippen molar-refractivity contribution in [2.45, 2.75) is 33.1 Å². The van der Waals surface area contributed by atoms with E-state index in [0.717, 1.165) is 35.1 Å². The van der Waals surface area contributed by atoms with Gasteiger partial charge in [0, 0.05) is 36.0 Å².